The third kappa shape index (κ3) is 3.84. The number of amides is 1. The predicted octanol–water partition coefficient (Wildman–Crippen LogP) is 3.14. The lowest BCUT2D eigenvalue weighted by molar-refractivity contribution is 0.102. The van der Waals surface area contributed by atoms with Crippen LogP contribution < -0.4 is 5.32 Å². The topological polar surface area (TPSA) is 117 Å². The lowest BCUT2D eigenvalue weighted by Gasteiger charge is -2.17. The monoisotopic (exact) mass is 457 g/mol. The van der Waals surface area contributed by atoms with Gasteiger partial charge >= 0.3 is 0 Å². The Hall–Kier alpha value is -2.98. The van der Waals surface area contributed by atoms with Crippen LogP contribution in [-0.2, 0) is 17.1 Å². The zero-order valence-electron chi connectivity index (χ0n) is 18.6. The van der Waals surface area contributed by atoms with Crippen molar-refractivity contribution in [2.45, 2.75) is 44.4 Å². The van der Waals surface area contributed by atoms with E-state index in [-0.39, 0.29) is 22.3 Å². The number of carbonyl (C=O) groups excluding carboxylic acids is 1. The fraction of sp³-hybridized carbons (Fsp3) is 0.409. The molecule has 1 saturated heterocycles. The molecular weight excluding hydrogens is 430 g/mol. The maximum atomic E-state index is 13.3. The van der Waals surface area contributed by atoms with Gasteiger partial charge in [-0.05, 0) is 49.9 Å². The molecule has 4 rings (SSSR count). The number of hydrogen-bond acceptors (Lipinski definition) is 6. The van der Waals surface area contributed by atoms with E-state index in [1.807, 2.05) is 13.8 Å². The quantitative estimate of drug-likeness (QED) is 0.569. The lowest BCUT2D eigenvalue weighted by Crippen LogP contribution is -2.28. The van der Waals surface area contributed by atoms with Gasteiger partial charge in [-0.15, -0.1) is 0 Å². The summed E-state index contributed by atoms with van der Waals surface area (Å²) in [6.07, 6.45) is 1.64. The van der Waals surface area contributed by atoms with E-state index in [0.29, 0.717) is 35.4 Å². The molecule has 32 heavy (non-hydrogen) atoms. The van der Waals surface area contributed by atoms with Gasteiger partial charge in [0.05, 0.1) is 27.2 Å². The van der Waals surface area contributed by atoms with E-state index in [9.17, 15) is 18.3 Å². The van der Waals surface area contributed by atoms with E-state index < -0.39 is 15.9 Å². The average Bonchev–Trinajstić information content (AvgIpc) is 3.38. The number of nitrogens with zero attached hydrogens (tertiary/aromatic N) is 4. The molecule has 0 unspecified atom stereocenters. The normalized spacial score (nSPS) is 15.0. The summed E-state index contributed by atoms with van der Waals surface area (Å²) in [5.41, 5.74) is 2.39. The van der Waals surface area contributed by atoms with Crippen LogP contribution in [0, 0.1) is 6.92 Å². The van der Waals surface area contributed by atoms with E-state index in [1.165, 1.54) is 22.5 Å². The molecule has 1 aliphatic rings. The minimum Gasteiger partial charge on any atom is -0.506 e. The summed E-state index contributed by atoms with van der Waals surface area (Å²) in [6.45, 7) is 6.71. The first-order chi connectivity index (χ1) is 15.1. The fourth-order valence-electron chi connectivity index (χ4n) is 3.98. The molecule has 0 saturated carbocycles. The highest BCUT2D eigenvalue weighted by Crippen LogP contribution is 2.31. The van der Waals surface area contributed by atoms with Gasteiger partial charge in [0.15, 0.2) is 5.65 Å². The van der Waals surface area contributed by atoms with Gasteiger partial charge in [-0.25, -0.2) is 13.4 Å². The molecule has 0 spiro atoms. The second kappa shape index (κ2) is 8.18. The molecule has 0 bridgehead atoms. The molecule has 2 N–H and O–H groups in total. The summed E-state index contributed by atoms with van der Waals surface area (Å²) >= 11 is 0. The number of aryl methyl sites for hydroxylation is 2. The Kier molecular flexibility index (Phi) is 5.68. The molecule has 10 heteroatoms. The van der Waals surface area contributed by atoms with Crippen LogP contribution in [0.1, 0.15) is 54.4 Å². The van der Waals surface area contributed by atoms with Crippen LogP contribution in [0.5, 0.6) is 5.75 Å². The zero-order chi connectivity index (χ0) is 23.2. The number of rotatable bonds is 5. The Morgan fingerprint density at radius 3 is 2.53 bits per heavy atom. The van der Waals surface area contributed by atoms with Gasteiger partial charge in [-0.1, -0.05) is 13.8 Å². The van der Waals surface area contributed by atoms with Crippen LogP contribution in [0.2, 0.25) is 0 Å². The molecule has 1 aromatic carbocycles. The van der Waals surface area contributed by atoms with Crippen LogP contribution >= 0.6 is 0 Å². The summed E-state index contributed by atoms with van der Waals surface area (Å²) in [5.74, 6) is -0.596. The van der Waals surface area contributed by atoms with Gasteiger partial charge in [0.25, 0.3) is 5.91 Å². The van der Waals surface area contributed by atoms with Crippen molar-refractivity contribution in [3.05, 3.63) is 41.2 Å². The van der Waals surface area contributed by atoms with Crippen LogP contribution in [0.15, 0.2) is 29.2 Å². The number of pyridine rings is 1. The molecule has 3 heterocycles. The summed E-state index contributed by atoms with van der Waals surface area (Å²) in [4.78, 5) is 18.0. The second-order valence-electron chi connectivity index (χ2n) is 8.40. The van der Waals surface area contributed by atoms with E-state index in [0.717, 1.165) is 18.5 Å². The van der Waals surface area contributed by atoms with Crippen molar-refractivity contribution < 1.29 is 18.3 Å². The number of benzene rings is 1. The van der Waals surface area contributed by atoms with E-state index in [2.05, 4.69) is 15.4 Å². The predicted molar refractivity (Wildman–Crippen MR) is 121 cm³/mol. The van der Waals surface area contributed by atoms with Gasteiger partial charge in [-0.2, -0.15) is 9.40 Å². The number of nitrogens with one attached hydrogen (secondary N) is 1. The summed E-state index contributed by atoms with van der Waals surface area (Å²) in [6, 6.07) is 5.67. The van der Waals surface area contributed by atoms with Crippen LogP contribution in [0.3, 0.4) is 0 Å². The molecule has 1 amide bonds. The van der Waals surface area contributed by atoms with E-state index >= 15 is 0 Å². The summed E-state index contributed by atoms with van der Waals surface area (Å²) in [5, 5.41) is 18.0. The number of anilines is 1. The van der Waals surface area contributed by atoms with Crippen molar-refractivity contribution in [1.29, 1.82) is 0 Å². The van der Waals surface area contributed by atoms with Crippen molar-refractivity contribution in [2.24, 2.45) is 7.05 Å². The number of carbonyl (C=O) groups is 1. The Morgan fingerprint density at radius 1 is 1.19 bits per heavy atom. The zero-order valence-corrected chi connectivity index (χ0v) is 19.4. The third-order valence-electron chi connectivity index (χ3n) is 5.74. The van der Waals surface area contributed by atoms with Crippen LogP contribution in [-0.4, -0.2) is 51.6 Å². The molecule has 170 valence electrons. The minimum absolute atomic E-state index is 0.0350. The Balaban J connectivity index is 1.74. The summed E-state index contributed by atoms with van der Waals surface area (Å²) in [7, 11) is -1.92. The Morgan fingerprint density at radius 2 is 1.88 bits per heavy atom. The van der Waals surface area contributed by atoms with Crippen molar-refractivity contribution >= 4 is 32.7 Å². The van der Waals surface area contributed by atoms with Gasteiger partial charge in [0.1, 0.15) is 5.75 Å². The van der Waals surface area contributed by atoms with Crippen LogP contribution in [0.25, 0.3) is 11.0 Å². The molecule has 2 aromatic heterocycles. The molecule has 9 nitrogen and oxygen atoms in total. The first kappa shape index (κ1) is 22.2. The van der Waals surface area contributed by atoms with Gasteiger partial charge in [-0.3, -0.25) is 9.48 Å². The summed E-state index contributed by atoms with van der Waals surface area (Å²) < 4.78 is 28.9. The van der Waals surface area contributed by atoms with Gasteiger partial charge in [0.2, 0.25) is 10.0 Å². The van der Waals surface area contributed by atoms with Crippen molar-refractivity contribution in [1.82, 2.24) is 19.1 Å². The fourth-order valence-corrected chi connectivity index (χ4v) is 5.53. The number of aromatic nitrogens is 3. The van der Waals surface area contributed by atoms with Gasteiger partial charge < -0.3 is 10.4 Å². The molecular formula is C22H27N5O4S. The number of phenolic OH excluding ortho intramolecular Hbond substituents is 1. The number of hydrogen-bond donors (Lipinski definition) is 2. The third-order valence-corrected chi connectivity index (χ3v) is 7.64. The molecule has 0 atom stereocenters. The maximum absolute atomic E-state index is 13.3. The standard InChI is InChI=1S/C22H27N5O4S/c1-13(2)17-12-16(20-14(3)25-26(4)21(20)23-17)22(29)24-18-11-15(7-8-19(18)28)32(30,31)27-9-5-6-10-27/h7-8,11-13,28H,5-6,9-10H2,1-4H3,(H,24,29). The first-order valence-corrected chi connectivity index (χ1v) is 12.0. The Bertz CT molecular complexity index is 1310. The minimum atomic E-state index is -3.69. The Labute approximate surface area is 187 Å². The van der Waals surface area contributed by atoms with E-state index in [1.54, 1.807) is 24.7 Å². The highest BCUT2D eigenvalue weighted by atomic mass is 32.2. The smallest absolute Gasteiger partial charge is 0.256 e. The van der Waals surface area contributed by atoms with E-state index in [4.69, 9.17) is 0 Å². The highest BCUT2D eigenvalue weighted by molar-refractivity contribution is 7.89. The van der Waals surface area contributed by atoms with Gasteiger partial charge in [0, 0.05) is 25.8 Å². The lowest BCUT2D eigenvalue weighted by atomic mass is 10.0. The van der Waals surface area contributed by atoms with Crippen LogP contribution in [0.4, 0.5) is 5.69 Å². The second-order valence-corrected chi connectivity index (χ2v) is 10.3. The number of sulfonamides is 1. The van der Waals surface area contributed by atoms with Crippen molar-refractivity contribution in [2.75, 3.05) is 18.4 Å². The first-order valence-electron chi connectivity index (χ1n) is 10.6. The molecule has 1 aliphatic heterocycles. The largest absolute Gasteiger partial charge is 0.506 e. The molecule has 3 aromatic rings. The SMILES string of the molecule is Cc1nn(C)c2nc(C(C)C)cc(C(=O)Nc3cc(S(=O)(=O)N4CCCC4)ccc3O)c12. The average molecular weight is 458 g/mol. The van der Waals surface area contributed by atoms with Crippen molar-refractivity contribution in [3.8, 4) is 5.75 Å². The number of phenols is 1. The highest BCUT2D eigenvalue weighted by Gasteiger charge is 2.28. The molecule has 1 fully saturated rings. The molecule has 0 radical (unpaired) electrons. The van der Waals surface area contributed by atoms with Crippen molar-refractivity contribution in [3.63, 3.8) is 0 Å². The number of aromatic hydroxyl groups is 1. The number of fused-ring (bicyclic) bond motifs is 1. The maximum Gasteiger partial charge on any atom is 0.256 e. The molecule has 0 aliphatic carbocycles.